The largest absolute Gasteiger partial charge is 0.491 e. The number of rotatable bonds is 7. The summed E-state index contributed by atoms with van der Waals surface area (Å²) >= 11 is 5.58. The number of piperazine rings is 1. The molecule has 1 saturated heterocycles. The van der Waals surface area contributed by atoms with Crippen molar-refractivity contribution < 1.29 is 31.4 Å². The van der Waals surface area contributed by atoms with Gasteiger partial charge in [0.25, 0.3) is 0 Å². The minimum Gasteiger partial charge on any atom is -0.491 e. The lowest BCUT2D eigenvalue weighted by molar-refractivity contribution is -0.137. The normalized spacial score (nSPS) is 17.5. The summed E-state index contributed by atoms with van der Waals surface area (Å²) in [7, 11) is -4.10. The van der Waals surface area contributed by atoms with Crippen LogP contribution in [0.3, 0.4) is 0 Å². The predicted molar refractivity (Wildman–Crippen MR) is 110 cm³/mol. The molecule has 1 unspecified atom stereocenters. The van der Waals surface area contributed by atoms with Crippen LogP contribution < -0.4 is 4.74 Å². The Kier molecular flexibility index (Phi) is 7.48. The number of nitrogens with zero attached hydrogens (tertiary/aromatic N) is 2. The molecule has 0 saturated carbocycles. The number of sulfonamides is 1. The highest BCUT2D eigenvalue weighted by atomic mass is 35.5. The van der Waals surface area contributed by atoms with Crippen molar-refractivity contribution in [1.29, 1.82) is 0 Å². The molecule has 31 heavy (non-hydrogen) atoms. The van der Waals surface area contributed by atoms with Gasteiger partial charge in [0.1, 0.15) is 18.5 Å². The van der Waals surface area contributed by atoms with E-state index in [0.717, 1.165) is 16.4 Å². The number of hydrogen-bond acceptors (Lipinski definition) is 5. The Morgan fingerprint density at radius 3 is 2.32 bits per heavy atom. The van der Waals surface area contributed by atoms with Gasteiger partial charge in [0.2, 0.25) is 10.0 Å². The zero-order valence-corrected chi connectivity index (χ0v) is 18.0. The monoisotopic (exact) mass is 478 g/mol. The average molecular weight is 479 g/mol. The highest BCUT2D eigenvalue weighted by Gasteiger charge is 2.36. The van der Waals surface area contributed by atoms with E-state index in [1.54, 1.807) is 12.1 Å². The fourth-order valence-electron chi connectivity index (χ4n) is 3.24. The Morgan fingerprint density at radius 1 is 1.06 bits per heavy atom. The maximum atomic E-state index is 13.1. The highest BCUT2D eigenvalue weighted by molar-refractivity contribution is 7.89. The lowest BCUT2D eigenvalue weighted by Gasteiger charge is -2.35. The smallest absolute Gasteiger partial charge is 0.417 e. The predicted octanol–water partition coefficient (Wildman–Crippen LogP) is 3.11. The van der Waals surface area contributed by atoms with E-state index in [-0.39, 0.29) is 19.7 Å². The summed E-state index contributed by atoms with van der Waals surface area (Å²) in [5.74, 6) is 0.638. The van der Waals surface area contributed by atoms with Gasteiger partial charge >= 0.3 is 6.18 Å². The van der Waals surface area contributed by atoms with Gasteiger partial charge in [-0.1, -0.05) is 29.8 Å². The molecule has 0 spiro atoms. The molecule has 1 fully saturated rings. The SMILES string of the molecule is O=S(=O)(c1ccc(Cl)c(C(F)(F)F)c1)N1CCN(CC(O)COc2ccccc2)CC1. The van der Waals surface area contributed by atoms with E-state index in [1.165, 1.54) is 0 Å². The molecule has 3 rings (SSSR count). The molecule has 0 amide bonds. The third kappa shape index (κ3) is 6.11. The first kappa shape index (κ1) is 23.8. The van der Waals surface area contributed by atoms with Crippen LogP contribution in [0, 0.1) is 0 Å². The van der Waals surface area contributed by atoms with Crippen LogP contribution in [0.1, 0.15) is 5.56 Å². The van der Waals surface area contributed by atoms with Crippen molar-refractivity contribution in [2.24, 2.45) is 0 Å². The number of hydrogen-bond donors (Lipinski definition) is 1. The molecule has 1 N–H and O–H groups in total. The summed E-state index contributed by atoms with van der Waals surface area (Å²) in [5, 5.41) is 9.63. The molecule has 1 atom stereocenters. The zero-order chi connectivity index (χ0) is 22.6. The van der Waals surface area contributed by atoms with Crippen LogP contribution in [0.25, 0.3) is 0 Å². The molecule has 1 heterocycles. The molecular formula is C20H22ClF3N2O4S. The fraction of sp³-hybridized carbons (Fsp3) is 0.400. The topological polar surface area (TPSA) is 70.1 Å². The van der Waals surface area contributed by atoms with Gasteiger partial charge < -0.3 is 9.84 Å². The summed E-state index contributed by atoms with van der Waals surface area (Å²) in [5.41, 5.74) is -1.18. The second-order valence-corrected chi connectivity index (χ2v) is 9.47. The lowest BCUT2D eigenvalue weighted by Crippen LogP contribution is -2.50. The molecule has 0 bridgehead atoms. The van der Waals surface area contributed by atoms with E-state index in [9.17, 15) is 26.7 Å². The third-order valence-corrected chi connectivity index (χ3v) is 7.09. The molecule has 2 aromatic carbocycles. The summed E-state index contributed by atoms with van der Waals surface area (Å²) in [6, 6.07) is 11.6. The van der Waals surface area contributed by atoms with Gasteiger partial charge in [0.15, 0.2) is 0 Å². The first-order valence-corrected chi connectivity index (χ1v) is 11.3. The van der Waals surface area contributed by atoms with Crippen LogP contribution in [0.4, 0.5) is 13.2 Å². The quantitative estimate of drug-likeness (QED) is 0.662. The number of β-amino-alcohol motifs (C(OH)–C–C–N with tert-alkyl or cyclic N) is 1. The van der Waals surface area contributed by atoms with Crippen LogP contribution >= 0.6 is 11.6 Å². The minimum absolute atomic E-state index is 0.0908. The number of aliphatic hydroxyl groups excluding tert-OH is 1. The van der Waals surface area contributed by atoms with Crippen LogP contribution in [0.15, 0.2) is 53.4 Å². The van der Waals surface area contributed by atoms with Crippen molar-refractivity contribution in [3.8, 4) is 5.75 Å². The Bertz CT molecular complexity index is 982. The molecular weight excluding hydrogens is 457 g/mol. The second kappa shape index (κ2) is 9.74. The zero-order valence-electron chi connectivity index (χ0n) is 16.4. The number of ether oxygens (including phenoxy) is 1. The Labute approximate surface area is 183 Å². The molecule has 0 aromatic heterocycles. The van der Waals surface area contributed by atoms with Gasteiger partial charge in [-0.2, -0.15) is 17.5 Å². The summed E-state index contributed by atoms with van der Waals surface area (Å²) in [4.78, 5) is 1.43. The van der Waals surface area contributed by atoms with Crippen LogP contribution in [0.2, 0.25) is 5.02 Å². The van der Waals surface area contributed by atoms with Crippen LogP contribution in [-0.2, 0) is 16.2 Å². The van der Waals surface area contributed by atoms with Gasteiger partial charge in [-0.15, -0.1) is 0 Å². The van der Waals surface area contributed by atoms with E-state index < -0.39 is 37.8 Å². The molecule has 0 radical (unpaired) electrons. The maximum absolute atomic E-state index is 13.1. The molecule has 2 aromatic rings. The van der Waals surface area contributed by atoms with Gasteiger partial charge in [0, 0.05) is 32.7 Å². The van der Waals surface area contributed by atoms with Crippen molar-refractivity contribution in [3.63, 3.8) is 0 Å². The highest BCUT2D eigenvalue weighted by Crippen LogP contribution is 2.36. The van der Waals surface area contributed by atoms with Crippen molar-refractivity contribution in [1.82, 2.24) is 9.21 Å². The molecule has 11 heteroatoms. The number of para-hydroxylation sites is 1. The summed E-state index contributed by atoms with van der Waals surface area (Å²) in [6.07, 6.45) is -5.52. The van der Waals surface area contributed by atoms with Crippen LogP contribution in [-0.4, -0.2) is 68.2 Å². The van der Waals surface area contributed by atoms with Gasteiger partial charge in [-0.3, -0.25) is 4.90 Å². The van der Waals surface area contributed by atoms with Crippen molar-refractivity contribution in [2.75, 3.05) is 39.3 Å². The van der Waals surface area contributed by atoms with E-state index in [1.807, 2.05) is 23.1 Å². The summed E-state index contributed by atoms with van der Waals surface area (Å²) < 4.78 is 71.4. The summed E-state index contributed by atoms with van der Waals surface area (Å²) in [6.45, 7) is 1.24. The second-order valence-electron chi connectivity index (χ2n) is 7.12. The minimum atomic E-state index is -4.75. The van der Waals surface area contributed by atoms with E-state index in [0.29, 0.717) is 31.5 Å². The fourth-order valence-corrected chi connectivity index (χ4v) is 4.92. The first-order chi connectivity index (χ1) is 14.6. The molecule has 170 valence electrons. The van der Waals surface area contributed by atoms with Gasteiger partial charge in [0.05, 0.1) is 15.5 Å². The number of alkyl halides is 3. The first-order valence-electron chi connectivity index (χ1n) is 9.52. The van der Waals surface area contributed by atoms with E-state index in [2.05, 4.69) is 0 Å². The standard InChI is InChI=1S/C20H22ClF3N2O4S/c21-19-7-6-17(12-18(19)20(22,23)24)31(28,29)26-10-8-25(9-11-26)13-15(27)14-30-16-4-2-1-3-5-16/h1-7,12,15,27H,8-11,13-14H2. The van der Waals surface area contributed by atoms with Crippen molar-refractivity contribution >= 4 is 21.6 Å². The Hall–Kier alpha value is -1.85. The molecule has 1 aliphatic rings. The van der Waals surface area contributed by atoms with Crippen LogP contribution in [0.5, 0.6) is 5.75 Å². The van der Waals surface area contributed by atoms with Crippen molar-refractivity contribution in [3.05, 3.63) is 59.1 Å². The number of benzene rings is 2. The molecule has 0 aliphatic carbocycles. The molecule has 6 nitrogen and oxygen atoms in total. The average Bonchev–Trinajstić information content (AvgIpc) is 2.73. The lowest BCUT2D eigenvalue weighted by atomic mass is 10.2. The van der Waals surface area contributed by atoms with E-state index >= 15 is 0 Å². The Morgan fingerprint density at radius 2 is 1.71 bits per heavy atom. The van der Waals surface area contributed by atoms with E-state index in [4.69, 9.17) is 16.3 Å². The number of halogens is 4. The maximum Gasteiger partial charge on any atom is 0.417 e. The van der Waals surface area contributed by atoms with Crippen molar-refractivity contribution in [2.45, 2.75) is 17.2 Å². The molecule has 1 aliphatic heterocycles. The third-order valence-electron chi connectivity index (χ3n) is 4.87. The number of aliphatic hydroxyl groups is 1. The Balaban J connectivity index is 1.56. The van der Waals surface area contributed by atoms with Gasteiger partial charge in [-0.05, 0) is 30.3 Å². The van der Waals surface area contributed by atoms with Gasteiger partial charge in [-0.25, -0.2) is 8.42 Å².